The van der Waals surface area contributed by atoms with E-state index in [0.29, 0.717) is 12.0 Å². The van der Waals surface area contributed by atoms with Crippen LogP contribution < -0.4 is 4.18 Å². The third kappa shape index (κ3) is 3.30. The summed E-state index contributed by atoms with van der Waals surface area (Å²) in [5.74, 6) is 0.241. The van der Waals surface area contributed by atoms with Gasteiger partial charge in [-0.05, 0) is 30.2 Å². The average Bonchev–Trinajstić information content (AvgIpc) is 2.49. The van der Waals surface area contributed by atoms with E-state index in [4.69, 9.17) is 9.44 Å². The summed E-state index contributed by atoms with van der Waals surface area (Å²) in [6.07, 6.45) is 2.16. The Labute approximate surface area is 124 Å². The molecule has 0 saturated heterocycles. The second kappa shape index (κ2) is 6.25. The maximum absolute atomic E-state index is 12.3. The van der Waals surface area contributed by atoms with E-state index < -0.39 is 10.1 Å². The van der Waals surface area contributed by atoms with Crippen molar-refractivity contribution in [3.8, 4) is 11.8 Å². The third-order valence-electron chi connectivity index (χ3n) is 2.81. The largest absolute Gasteiger partial charge is 0.379 e. The second-order valence-electron chi connectivity index (χ2n) is 4.25. The number of hydrogen-bond donors (Lipinski definition) is 0. The topological polar surface area (TPSA) is 67.2 Å². The molecule has 0 heterocycles. The summed E-state index contributed by atoms with van der Waals surface area (Å²) in [6, 6.07) is 14.6. The fourth-order valence-corrected chi connectivity index (χ4v) is 2.97. The van der Waals surface area contributed by atoms with Gasteiger partial charge in [0, 0.05) is 0 Å². The van der Waals surface area contributed by atoms with Crippen molar-refractivity contribution < 1.29 is 12.6 Å². The molecule has 0 bridgehead atoms. The van der Waals surface area contributed by atoms with Crippen LogP contribution in [0.2, 0.25) is 0 Å². The van der Waals surface area contributed by atoms with Crippen LogP contribution in [-0.2, 0) is 16.5 Å². The quantitative estimate of drug-likeness (QED) is 0.628. The molecule has 5 heteroatoms. The molecule has 106 valence electrons. The molecule has 0 aromatic heterocycles. The van der Waals surface area contributed by atoms with Crippen LogP contribution in [0, 0.1) is 11.3 Å². The van der Waals surface area contributed by atoms with Gasteiger partial charge in [0.2, 0.25) is 0 Å². The lowest BCUT2D eigenvalue weighted by atomic mass is 10.1. The van der Waals surface area contributed by atoms with Gasteiger partial charge in [0.1, 0.15) is 16.7 Å². The Morgan fingerprint density at radius 2 is 1.81 bits per heavy atom. The zero-order valence-electron chi connectivity index (χ0n) is 11.2. The highest BCUT2D eigenvalue weighted by Gasteiger charge is 2.21. The summed E-state index contributed by atoms with van der Waals surface area (Å²) in [6.45, 7) is 3.63. The van der Waals surface area contributed by atoms with Crippen molar-refractivity contribution in [2.24, 2.45) is 0 Å². The SMILES string of the molecule is C=CCc1ccccc1OS(=O)(=O)c1ccccc1C#N. The number of allylic oxidation sites excluding steroid dienone is 1. The Morgan fingerprint density at radius 1 is 1.14 bits per heavy atom. The number of para-hydroxylation sites is 1. The van der Waals surface area contributed by atoms with Crippen molar-refractivity contribution in [2.75, 3.05) is 0 Å². The zero-order valence-corrected chi connectivity index (χ0v) is 12.0. The average molecular weight is 299 g/mol. The molecule has 2 aromatic rings. The van der Waals surface area contributed by atoms with Gasteiger partial charge in [-0.3, -0.25) is 0 Å². The number of hydrogen-bond acceptors (Lipinski definition) is 4. The normalized spacial score (nSPS) is 10.6. The van der Waals surface area contributed by atoms with E-state index >= 15 is 0 Å². The van der Waals surface area contributed by atoms with Crippen LogP contribution in [0.1, 0.15) is 11.1 Å². The highest BCUT2D eigenvalue weighted by molar-refractivity contribution is 7.87. The zero-order chi connectivity index (χ0) is 15.3. The van der Waals surface area contributed by atoms with Crippen molar-refractivity contribution in [1.29, 1.82) is 5.26 Å². The van der Waals surface area contributed by atoms with Gasteiger partial charge >= 0.3 is 10.1 Å². The predicted octanol–water partition coefficient (Wildman–Crippen LogP) is 3.05. The monoisotopic (exact) mass is 299 g/mol. The molecule has 2 aromatic carbocycles. The van der Waals surface area contributed by atoms with Gasteiger partial charge in [-0.15, -0.1) is 6.58 Å². The Kier molecular flexibility index (Phi) is 4.41. The molecule has 0 N–H and O–H groups in total. The van der Waals surface area contributed by atoms with E-state index in [2.05, 4.69) is 6.58 Å². The fraction of sp³-hybridized carbons (Fsp3) is 0.0625. The van der Waals surface area contributed by atoms with Gasteiger partial charge < -0.3 is 4.18 Å². The molecule has 21 heavy (non-hydrogen) atoms. The maximum Gasteiger partial charge on any atom is 0.340 e. The summed E-state index contributed by atoms with van der Waals surface area (Å²) < 4.78 is 29.9. The van der Waals surface area contributed by atoms with Crippen molar-refractivity contribution in [3.63, 3.8) is 0 Å². The minimum Gasteiger partial charge on any atom is -0.379 e. The Balaban J connectivity index is 2.43. The molecule has 0 amide bonds. The summed E-state index contributed by atoms with van der Waals surface area (Å²) in [5.41, 5.74) is 0.768. The number of rotatable bonds is 5. The van der Waals surface area contributed by atoms with Crippen molar-refractivity contribution >= 4 is 10.1 Å². The van der Waals surface area contributed by atoms with Crippen molar-refractivity contribution in [1.82, 2.24) is 0 Å². The van der Waals surface area contributed by atoms with E-state index in [1.807, 2.05) is 6.07 Å². The first-order chi connectivity index (χ1) is 10.1. The highest BCUT2D eigenvalue weighted by Crippen LogP contribution is 2.25. The lowest BCUT2D eigenvalue weighted by Gasteiger charge is -2.11. The van der Waals surface area contributed by atoms with Crippen LogP contribution in [0.25, 0.3) is 0 Å². The van der Waals surface area contributed by atoms with E-state index in [-0.39, 0.29) is 16.2 Å². The van der Waals surface area contributed by atoms with Gasteiger partial charge in [0.15, 0.2) is 0 Å². The van der Waals surface area contributed by atoms with Crippen molar-refractivity contribution in [2.45, 2.75) is 11.3 Å². The van der Waals surface area contributed by atoms with Crippen LogP contribution in [0.15, 0.2) is 66.1 Å². The van der Waals surface area contributed by atoms with Crippen LogP contribution in [-0.4, -0.2) is 8.42 Å². The van der Waals surface area contributed by atoms with Gasteiger partial charge in [-0.2, -0.15) is 13.7 Å². The molecule has 0 aliphatic carbocycles. The summed E-state index contributed by atoms with van der Waals surface area (Å²) in [4.78, 5) is -0.138. The molecule has 0 unspecified atom stereocenters. The first-order valence-electron chi connectivity index (χ1n) is 6.21. The lowest BCUT2D eigenvalue weighted by molar-refractivity contribution is 0.483. The molecule has 0 fully saturated rings. The number of nitriles is 1. The molecule has 0 radical (unpaired) electrons. The van der Waals surface area contributed by atoms with Crippen molar-refractivity contribution in [3.05, 3.63) is 72.3 Å². The summed E-state index contributed by atoms with van der Waals surface area (Å²) >= 11 is 0. The standard InChI is InChI=1S/C16H13NO3S/c1-2-7-13-8-3-5-10-15(13)20-21(18,19)16-11-6-4-9-14(16)12-17/h2-6,8-11H,1,7H2. The number of nitrogens with zero attached hydrogens (tertiary/aromatic N) is 1. The molecule has 4 nitrogen and oxygen atoms in total. The smallest absolute Gasteiger partial charge is 0.340 e. The van der Waals surface area contributed by atoms with Crippen LogP contribution in [0.5, 0.6) is 5.75 Å². The van der Waals surface area contributed by atoms with Gasteiger partial charge in [0.25, 0.3) is 0 Å². The first-order valence-corrected chi connectivity index (χ1v) is 7.61. The molecule has 2 rings (SSSR count). The van der Waals surface area contributed by atoms with Gasteiger partial charge in [0.05, 0.1) is 5.56 Å². The Bertz CT molecular complexity index is 804. The van der Waals surface area contributed by atoms with E-state index in [9.17, 15) is 8.42 Å². The highest BCUT2D eigenvalue weighted by atomic mass is 32.2. The third-order valence-corrected chi connectivity index (χ3v) is 4.11. The summed E-state index contributed by atoms with van der Waals surface area (Å²) in [5, 5.41) is 9.00. The molecular formula is C16H13NO3S. The van der Waals surface area contributed by atoms with Crippen LogP contribution in [0.4, 0.5) is 0 Å². The molecule has 0 aliphatic heterocycles. The molecule has 0 spiro atoms. The minimum absolute atomic E-state index is 0.0544. The fourth-order valence-electron chi connectivity index (χ4n) is 1.85. The summed E-state index contributed by atoms with van der Waals surface area (Å²) in [7, 11) is -4.05. The first kappa shape index (κ1) is 14.8. The van der Waals surface area contributed by atoms with Gasteiger partial charge in [-0.25, -0.2) is 0 Å². The molecule has 0 atom stereocenters. The Hall–Kier alpha value is -2.58. The molecule has 0 saturated carbocycles. The maximum atomic E-state index is 12.3. The van der Waals surface area contributed by atoms with E-state index in [0.717, 1.165) is 0 Å². The molecule has 0 aliphatic rings. The lowest BCUT2D eigenvalue weighted by Crippen LogP contribution is -2.12. The Morgan fingerprint density at radius 3 is 2.52 bits per heavy atom. The second-order valence-corrected chi connectivity index (χ2v) is 5.76. The molecular weight excluding hydrogens is 286 g/mol. The van der Waals surface area contributed by atoms with E-state index in [1.54, 1.807) is 42.5 Å². The van der Waals surface area contributed by atoms with Crippen LogP contribution in [0.3, 0.4) is 0 Å². The minimum atomic E-state index is -4.05. The van der Waals surface area contributed by atoms with Crippen LogP contribution >= 0.6 is 0 Å². The number of benzene rings is 2. The van der Waals surface area contributed by atoms with E-state index in [1.165, 1.54) is 12.1 Å². The predicted molar refractivity (Wildman–Crippen MR) is 79.3 cm³/mol. The van der Waals surface area contributed by atoms with Gasteiger partial charge in [-0.1, -0.05) is 36.4 Å².